The number of aliphatic hydroxyl groups is 1. The highest BCUT2D eigenvalue weighted by molar-refractivity contribution is 5.69. The Balaban J connectivity index is 1.98. The first-order chi connectivity index (χ1) is 9.61. The van der Waals surface area contributed by atoms with Gasteiger partial charge in [0.1, 0.15) is 0 Å². The van der Waals surface area contributed by atoms with E-state index < -0.39 is 4.92 Å². The summed E-state index contributed by atoms with van der Waals surface area (Å²) in [5, 5.41) is 23.3. The third kappa shape index (κ3) is 3.39. The second kappa shape index (κ2) is 6.56. The lowest BCUT2D eigenvalue weighted by Gasteiger charge is -2.30. The molecule has 0 saturated heterocycles. The van der Waals surface area contributed by atoms with Crippen LogP contribution >= 0.6 is 0 Å². The minimum atomic E-state index is -0.455. The number of nitrogens with one attached hydrogen (secondary N) is 1. The van der Waals surface area contributed by atoms with Gasteiger partial charge in [-0.3, -0.25) is 10.1 Å². The highest BCUT2D eigenvalue weighted by Crippen LogP contribution is 2.31. The number of anilines is 2. The Morgan fingerprint density at radius 3 is 2.65 bits per heavy atom. The minimum absolute atomic E-state index is 0.000971. The highest BCUT2D eigenvalue weighted by Gasteiger charge is 2.24. The van der Waals surface area contributed by atoms with E-state index in [1.54, 1.807) is 6.07 Å². The Kier molecular flexibility index (Phi) is 4.79. The van der Waals surface area contributed by atoms with Crippen molar-refractivity contribution in [1.29, 1.82) is 0 Å². The summed E-state index contributed by atoms with van der Waals surface area (Å²) in [5.74, 6) is 0.777. The first kappa shape index (κ1) is 14.6. The highest BCUT2D eigenvalue weighted by atomic mass is 16.6. The molecule has 0 aliphatic heterocycles. The number of nitrogens with zero attached hydrogens (tertiary/aromatic N) is 1. The van der Waals surface area contributed by atoms with E-state index in [0.717, 1.165) is 25.1 Å². The Morgan fingerprint density at radius 1 is 1.35 bits per heavy atom. The molecule has 0 aromatic heterocycles. The molecule has 0 amide bonds. The van der Waals surface area contributed by atoms with E-state index in [0.29, 0.717) is 17.5 Å². The molecule has 1 aliphatic rings. The van der Waals surface area contributed by atoms with Gasteiger partial charge < -0.3 is 16.2 Å². The molecule has 0 heterocycles. The number of nitro groups is 1. The average Bonchev–Trinajstić information content (AvgIpc) is 2.46. The summed E-state index contributed by atoms with van der Waals surface area (Å²) in [6, 6.07) is 4.46. The van der Waals surface area contributed by atoms with Crippen LogP contribution in [0.4, 0.5) is 17.1 Å². The zero-order valence-corrected chi connectivity index (χ0v) is 11.4. The van der Waals surface area contributed by atoms with E-state index >= 15 is 0 Å². The third-order valence-corrected chi connectivity index (χ3v) is 4.10. The van der Waals surface area contributed by atoms with Crippen molar-refractivity contribution in [2.75, 3.05) is 24.2 Å². The Bertz CT molecular complexity index is 479. The minimum Gasteiger partial charge on any atom is -0.397 e. The van der Waals surface area contributed by atoms with Crippen LogP contribution in [0.2, 0.25) is 0 Å². The van der Waals surface area contributed by atoms with Crippen molar-refractivity contribution >= 4 is 17.1 Å². The van der Waals surface area contributed by atoms with Gasteiger partial charge in [0.05, 0.1) is 16.3 Å². The van der Waals surface area contributed by atoms with Gasteiger partial charge in [0.25, 0.3) is 5.69 Å². The smallest absolute Gasteiger partial charge is 0.271 e. The molecule has 20 heavy (non-hydrogen) atoms. The van der Waals surface area contributed by atoms with Crippen LogP contribution in [0.5, 0.6) is 0 Å². The number of aliphatic hydroxyl groups excluding tert-OH is 1. The Morgan fingerprint density at radius 2 is 2.05 bits per heavy atom. The van der Waals surface area contributed by atoms with Crippen LogP contribution in [0.15, 0.2) is 18.2 Å². The van der Waals surface area contributed by atoms with E-state index in [-0.39, 0.29) is 12.3 Å². The fourth-order valence-corrected chi connectivity index (χ4v) is 2.86. The number of rotatable bonds is 5. The molecule has 6 heteroatoms. The van der Waals surface area contributed by atoms with E-state index in [1.807, 2.05) is 0 Å². The zero-order valence-electron chi connectivity index (χ0n) is 11.4. The molecular formula is C14H21N3O3. The maximum Gasteiger partial charge on any atom is 0.271 e. The number of benzene rings is 1. The van der Waals surface area contributed by atoms with E-state index in [4.69, 9.17) is 5.73 Å². The van der Waals surface area contributed by atoms with Gasteiger partial charge in [-0.05, 0) is 30.7 Å². The predicted octanol–water partition coefficient (Wildman–Crippen LogP) is 2.39. The summed E-state index contributed by atoms with van der Waals surface area (Å²) in [6.07, 6.45) is 4.55. The molecule has 6 nitrogen and oxygen atoms in total. The normalized spacial score (nSPS) is 22.4. The van der Waals surface area contributed by atoms with E-state index in [2.05, 4.69) is 5.32 Å². The van der Waals surface area contributed by atoms with Crippen LogP contribution in [-0.2, 0) is 0 Å². The molecule has 110 valence electrons. The van der Waals surface area contributed by atoms with Crippen molar-refractivity contribution in [3.63, 3.8) is 0 Å². The van der Waals surface area contributed by atoms with Gasteiger partial charge in [-0.2, -0.15) is 0 Å². The SMILES string of the molecule is Nc1cc([N+](=O)[O-])ccc1NCC1CCCCC1CO. The molecular weight excluding hydrogens is 258 g/mol. The number of nitro benzene ring substituents is 1. The first-order valence-corrected chi connectivity index (χ1v) is 7.00. The maximum atomic E-state index is 10.7. The molecule has 2 rings (SSSR count). The summed E-state index contributed by atoms with van der Waals surface area (Å²) in [4.78, 5) is 10.2. The van der Waals surface area contributed by atoms with Crippen molar-refractivity contribution in [3.05, 3.63) is 28.3 Å². The summed E-state index contributed by atoms with van der Waals surface area (Å²) in [7, 11) is 0. The summed E-state index contributed by atoms with van der Waals surface area (Å²) < 4.78 is 0. The average molecular weight is 279 g/mol. The fourth-order valence-electron chi connectivity index (χ4n) is 2.86. The van der Waals surface area contributed by atoms with Gasteiger partial charge in [-0.1, -0.05) is 12.8 Å². The fraction of sp³-hybridized carbons (Fsp3) is 0.571. The molecule has 0 radical (unpaired) electrons. The predicted molar refractivity (Wildman–Crippen MR) is 78.5 cm³/mol. The van der Waals surface area contributed by atoms with Gasteiger partial charge >= 0.3 is 0 Å². The van der Waals surface area contributed by atoms with Gasteiger partial charge in [0.15, 0.2) is 0 Å². The van der Waals surface area contributed by atoms with Crippen LogP contribution in [-0.4, -0.2) is 23.2 Å². The molecule has 1 saturated carbocycles. The third-order valence-electron chi connectivity index (χ3n) is 4.10. The van der Waals surface area contributed by atoms with Gasteiger partial charge in [-0.25, -0.2) is 0 Å². The molecule has 1 aliphatic carbocycles. The van der Waals surface area contributed by atoms with Crippen molar-refractivity contribution in [1.82, 2.24) is 0 Å². The first-order valence-electron chi connectivity index (χ1n) is 7.00. The molecule has 1 fully saturated rings. The van der Waals surface area contributed by atoms with Gasteiger partial charge in [0.2, 0.25) is 0 Å². The van der Waals surface area contributed by atoms with Crippen LogP contribution in [0, 0.1) is 22.0 Å². The number of nitrogen functional groups attached to an aromatic ring is 1. The monoisotopic (exact) mass is 279 g/mol. The van der Waals surface area contributed by atoms with Crippen molar-refractivity contribution in [2.24, 2.45) is 11.8 Å². The standard InChI is InChI=1S/C14H21N3O3/c15-13-7-12(17(19)20)5-6-14(13)16-8-10-3-1-2-4-11(10)9-18/h5-7,10-11,16,18H,1-4,8-9,15H2. The number of hydrogen-bond donors (Lipinski definition) is 3. The molecule has 2 unspecified atom stereocenters. The lowest BCUT2D eigenvalue weighted by atomic mass is 9.79. The lowest BCUT2D eigenvalue weighted by Crippen LogP contribution is -2.28. The number of nitrogens with two attached hydrogens (primary N) is 1. The van der Waals surface area contributed by atoms with Crippen molar-refractivity contribution < 1.29 is 10.0 Å². The molecule has 4 N–H and O–H groups in total. The van der Waals surface area contributed by atoms with Gasteiger partial charge in [0, 0.05) is 25.3 Å². The summed E-state index contributed by atoms with van der Waals surface area (Å²) >= 11 is 0. The van der Waals surface area contributed by atoms with E-state index in [9.17, 15) is 15.2 Å². The molecule has 0 spiro atoms. The molecule has 2 atom stereocenters. The molecule has 1 aromatic carbocycles. The number of hydrogen-bond acceptors (Lipinski definition) is 5. The Labute approximate surface area is 118 Å². The molecule has 0 bridgehead atoms. The largest absolute Gasteiger partial charge is 0.397 e. The van der Waals surface area contributed by atoms with Crippen LogP contribution in [0.1, 0.15) is 25.7 Å². The van der Waals surface area contributed by atoms with Crippen LogP contribution in [0.3, 0.4) is 0 Å². The molecule has 1 aromatic rings. The van der Waals surface area contributed by atoms with E-state index in [1.165, 1.54) is 25.0 Å². The lowest BCUT2D eigenvalue weighted by molar-refractivity contribution is -0.384. The Hall–Kier alpha value is -1.82. The van der Waals surface area contributed by atoms with Crippen LogP contribution < -0.4 is 11.1 Å². The quantitative estimate of drug-likeness (QED) is 0.436. The summed E-state index contributed by atoms with van der Waals surface area (Å²) in [6.45, 7) is 0.968. The van der Waals surface area contributed by atoms with Crippen molar-refractivity contribution in [2.45, 2.75) is 25.7 Å². The second-order valence-electron chi connectivity index (χ2n) is 5.40. The maximum absolute atomic E-state index is 10.7. The second-order valence-corrected chi connectivity index (χ2v) is 5.40. The summed E-state index contributed by atoms with van der Waals surface area (Å²) in [5.41, 5.74) is 6.93. The number of non-ortho nitro benzene ring substituents is 1. The van der Waals surface area contributed by atoms with Crippen LogP contribution in [0.25, 0.3) is 0 Å². The van der Waals surface area contributed by atoms with Crippen molar-refractivity contribution in [3.8, 4) is 0 Å². The van der Waals surface area contributed by atoms with Gasteiger partial charge in [-0.15, -0.1) is 0 Å². The topological polar surface area (TPSA) is 101 Å². The zero-order chi connectivity index (χ0) is 14.5.